The molecule has 0 aliphatic carbocycles. The van der Waals surface area contributed by atoms with Crippen LogP contribution in [0.25, 0.3) is 10.8 Å². The second kappa shape index (κ2) is 28.9. The summed E-state index contributed by atoms with van der Waals surface area (Å²) in [6.07, 6.45) is 5.23. The molecule has 0 spiro atoms. The molecule has 0 saturated heterocycles. The molecule has 0 aliphatic rings. The lowest BCUT2D eigenvalue weighted by Gasteiger charge is -2.21. The third kappa shape index (κ3) is 21.9. The first-order chi connectivity index (χ1) is 26.2. The number of nitrogens with zero attached hydrogens (tertiary/aromatic N) is 2. The van der Waals surface area contributed by atoms with Crippen LogP contribution in [0.3, 0.4) is 0 Å². The van der Waals surface area contributed by atoms with Crippen molar-refractivity contribution in [1.82, 2.24) is 26.6 Å². The highest BCUT2D eigenvalue weighted by Crippen LogP contribution is 2.16. The van der Waals surface area contributed by atoms with Gasteiger partial charge in [-0.15, -0.1) is 0 Å². The number of fused-ring (bicyclic) bond motifs is 1. The number of ether oxygens (including phenoxy) is 2. The van der Waals surface area contributed by atoms with Crippen molar-refractivity contribution >= 4 is 75.4 Å². The summed E-state index contributed by atoms with van der Waals surface area (Å²) < 4.78 is 11.1. The smallest absolute Gasteiger partial charge is 0.243 e. The number of isothiocyanates is 1. The number of carbonyl (C=O) groups is 4. The summed E-state index contributed by atoms with van der Waals surface area (Å²) >= 11 is 9.87. The maximum Gasteiger partial charge on any atom is 0.243 e. The Labute approximate surface area is 328 Å². The lowest BCUT2D eigenvalue weighted by Crippen LogP contribution is -2.50. The van der Waals surface area contributed by atoms with Crippen LogP contribution in [-0.2, 0) is 35.1 Å². The molecule has 2 rings (SSSR count). The fourth-order valence-electron chi connectivity index (χ4n) is 5.16. The highest BCUT2D eigenvalue weighted by atomic mass is 32.1. The Morgan fingerprint density at radius 3 is 2.24 bits per heavy atom. The largest absolute Gasteiger partial charge is 0.379 e. The van der Waals surface area contributed by atoms with E-state index >= 15 is 0 Å². The molecule has 2 atom stereocenters. The second-order valence-corrected chi connectivity index (χ2v) is 13.0. The lowest BCUT2D eigenvalue weighted by molar-refractivity contribution is -0.130. The van der Waals surface area contributed by atoms with Gasteiger partial charge in [-0.1, -0.05) is 42.5 Å². The van der Waals surface area contributed by atoms with E-state index in [2.05, 4.69) is 53.9 Å². The van der Waals surface area contributed by atoms with E-state index in [1.54, 1.807) is 0 Å². The van der Waals surface area contributed by atoms with E-state index in [4.69, 9.17) is 33.2 Å². The molecule has 0 saturated carbocycles. The molecule has 2 unspecified atom stereocenters. The number of amides is 3. The first-order valence-corrected chi connectivity index (χ1v) is 19.1. The van der Waals surface area contributed by atoms with Gasteiger partial charge in [0.05, 0.1) is 44.1 Å². The van der Waals surface area contributed by atoms with Crippen molar-refractivity contribution in [3.05, 3.63) is 48.0 Å². The van der Waals surface area contributed by atoms with Crippen LogP contribution < -0.4 is 38.1 Å². The normalized spacial score (nSPS) is 11.7. The lowest BCUT2D eigenvalue weighted by atomic mass is 10.1. The quantitative estimate of drug-likeness (QED) is 0.0206. The van der Waals surface area contributed by atoms with E-state index in [0.717, 1.165) is 29.2 Å². The third-order valence-corrected chi connectivity index (χ3v) is 8.37. The summed E-state index contributed by atoms with van der Waals surface area (Å²) in [6.45, 7) is 3.62. The fraction of sp³-hybridized carbons (Fsp3) is 0.541. The third-order valence-electron chi connectivity index (χ3n) is 7.96. The monoisotopic (exact) mass is 785 g/mol. The zero-order valence-electron chi connectivity index (χ0n) is 30.8. The van der Waals surface area contributed by atoms with Gasteiger partial charge in [0, 0.05) is 39.1 Å². The molecule has 9 N–H and O–H groups in total. The Bertz CT molecular complexity index is 1540. The number of carbonyl (C=O) groups excluding carboxylic acids is 4. The highest BCUT2D eigenvalue weighted by Gasteiger charge is 2.23. The standard InChI is InChI=1S/C37H55N9O6S2/c38-36(39)42-18-7-10-31(26-47)45-35(50)32(11-3-4-16-43-37(54)44-17-6-5-15-40-27-53)46-33(48)14-20-51-22-23-52-21-19-41-34(49)25-28-12-13-29-8-1-2-9-30(29)24-28/h1-2,8-9,12-13,24,26,31-32H,3-7,10-11,14-23,25H2,(H,41,49)(H,45,50)(H,46,48)(H4,38,39,42)(H2,43,44,54). The first-order valence-electron chi connectivity index (χ1n) is 18.3. The molecule has 0 aliphatic heterocycles. The molecule has 0 radical (unpaired) electrons. The second-order valence-electron chi connectivity index (χ2n) is 12.4. The van der Waals surface area contributed by atoms with Crippen LogP contribution in [0.1, 0.15) is 56.9 Å². The van der Waals surface area contributed by atoms with Crippen LogP contribution in [0, 0.1) is 0 Å². The van der Waals surface area contributed by atoms with Gasteiger partial charge in [-0.25, -0.2) is 4.99 Å². The maximum atomic E-state index is 13.2. The minimum Gasteiger partial charge on any atom is -0.379 e. The average molecular weight is 786 g/mol. The topological polar surface area (TPSA) is 224 Å². The van der Waals surface area contributed by atoms with Gasteiger partial charge < -0.3 is 52.3 Å². The fourth-order valence-corrected chi connectivity index (χ4v) is 5.46. The summed E-state index contributed by atoms with van der Waals surface area (Å²) in [5.74, 6) is -0.947. The van der Waals surface area contributed by atoms with Crippen molar-refractivity contribution in [2.75, 3.05) is 59.2 Å². The molecule has 54 heavy (non-hydrogen) atoms. The molecule has 3 amide bonds. The van der Waals surface area contributed by atoms with E-state index < -0.39 is 18.0 Å². The van der Waals surface area contributed by atoms with Crippen LogP contribution in [-0.4, -0.2) is 111 Å². The molecule has 15 nitrogen and oxygen atoms in total. The number of rotatable bonds is 29. The van der Waals surface area contributed by atoms with Gasteiger partial charge in [0.25, 0.3) is 0 Å². The molecular formula is C37H55N9O6S2. The van der Waals surface area contributed by atoms with E-state index in [-0.39, 0.29) is 43.8 Å². The van der Waals surface area contributed by atoms with Crippen molar-refractivity contribution in [3.8, 4) is 0 Å². The van der Waals surface area contributed by atoms with Gasteiger partial charge in [0.2, 0.25) is 17.7 Å². The minimum absolute atomic E-state index is 0.0313. The molecular weight excluding hydrogens is 731 g/mol. The van der Waals surface area contributed by atoms with Crippen molar-refractivity contribution in [1.29, 1.82) is 0 Å². The number of hydrogen-bond acceptors (Lipinski definition) is 10. The summed E-state index contributed by atoms with van der Waals surface area (Å²) in [4.78, 5) is 57.7. The van der Waals surface area contributed by atoms with Gasteiger partial charge in [-0.3, -0.25) is 19.4 Å². The summed E-state index contributed by atoms with van der Waals surface area (Å²) in [5, 5.41) is 19.7. The predicted octanol–water partition coefficient (Wildman–Crippen LogP) is 1.66. The summed E-state index contributed by atoms with van der Waals surface area (Å²) in [5.41, 5.74) is 11.6. The number of aliphatic imine (C=N–C) groups is 2. The van der Waals surface area contributed by atoms with Crippen molar-refractivity contribution in [3.63, 3.8) is 0 Å². The molecule has 2 aromatic carbocycles. The Balaban J connectivity index is 1.67. The number of nitrogens with two attached hydrogens (primary N) is 2. The van der Waals surface area contributed by atoms with E-state index in [9.17, 15) is 19.2 Å². The predicted molar refractivity (Wildman–Crippen MR) is 218 cm³/mol. The Morgan fingerprint density at radius 2 is 1.52 bits per heavy atom. The minimum atomic E-state index is -0.850. The van der Waals surface area contributed by atoms with Crippen LogP contribution in [0.5, 0.6) is 0 Å². The number of hydrogen-bond donors (Lipinski definition) is 7. The number of thiocarbonyl (C=S) groups is 2. The summed E-state index contributed by atoms with van der Waals surface area (Å²) in [6, 6.07) is 12.4. The van der Waals surface area contributed by atoms with Crippen molar-refractivity contribution < 1.29 is 28.7 Å². The zero-order valence-corrected chi connectivity index (χ0v) is 32.4. The molecule has 0 aromatic heterocycles. The number of guanidine groups is 1. The number of aldehydes is 1. The summed E-state index contributed by atoms with van der Waals surface area (Å²) in [7, 11) is 0. The Kier molecular flexibility index (Phi) is 24.4. The maximum absolute atomic E-state index is 13.2. The zero-order chi connectivity index (χ0) is 39.2. The van der Waals surface area contributed by atoms with E-state index in [1.165, 1.54) is 0 Å². The van der Waals surface area contributed by atoms with E-state index in [0.29, 0.717) is 89.4 Å². The van der Waals surface area contributed by atoms with Gasteiger partial charge in [-0.2, -0.15) is 0 Å². The first kappa shape index (κ1) is 45.6. The van der Waals surface area contributed by atoms with Crippen LogP contribution >= 0.6 is 24.4 Å². The van der Waals surface area contributed by atoms with Gasteiger partial charge in [-0.05, 0) is 85.7 Å². The number of unbranched alkanes of at least 4 members (excludes halogenated alkanes) is 2. The Hall–Kier alpha value is -4.54. The van der Waals surface area contributed by atoms with Crippen LogP contribution in [0.2, 0.25) is 0 Å². The van der Waals surface area contributed by atoms with Gasteiger partial charge >= 0.3 is 0 Å². The molecule has 0 heterocycles. The molecule has 17 heteroatoms. The Morgan fingerprint density at radius 1 is 0.796 bits per heavy atom. The molecule has 2 aromatic rings. The van der Waals surface area contributed by atoms with Gasteiger partial charge in [0.15, 0.2) is 11.1 Å². The average Bonchev–Trinajstić information content (AvgIpc) is 3.15. The number of nitrogens with one attached hydrogen (secondary N) is 5. The number of benzene rings is 2. The van der Waals surface area contributed by atoms with Gasteiger partial charge in [0.1, 0.15) is 12.3 Å². The molecule has 0 fully saturated rings. The molecule has 296 valence electrons. The SMILES string of the molecule is NC(N)=NCCCC(C=O)NC(=O)C(CCCCNC(=S)NCCCCN=C=S)NC(=O)CCOCCOCCNC(=O)Cc1ccc2ccccc2c1. The molecule has 0 bridgehead atoms. The van der Waals surface area contributed by atoms with Crippen LogP contribution in [0.4, 0.5) is 0 Å². The van der Waals surface area contributed by atoms with Crippen molar-refractivity contribution in [2.24, 2.45) is 21.5 Å². The van der Waals surface area contributed by atoms with Crippen molar-refractivity contribution in [2.45, 2.75) is 69.9 Å². The highest BCUT2D eigenvalue weighted by molar-refractivity contribution is 7.80. The van der Waals surface area contributed by atoms with Crippen LogP contribution in [0.15, 0.2) is 52.4 Å². The van der Waals surface area contributed by atoms with E-state index in [1.807, 2.05) is 42.5 Å².